The number of carbonyl (C=O) groups is 1. The molecule has 2 N–H and O–H groups in total. The molecule has 0 unspecified atom stereocenters. The normalized spacial score (nSPS) is 11.3. The lowest BCUT2D eigenvalue weighted by molar-refractivity contribution is -0.118. The van der Waals surface area contributed by atoms with Crippen LogP contribution < -0.4 is 5.73 Å². The van der Waals surface area contributed by atoms with Crippen molar-refractivity contribution < 1.29 is 9.21 Å². The summed E-state index contributed by atoms with van der Waals surface area (Å²) < 4.78 is 7.88. The van der Waals surface area contributed by atoms with Crippen LogP contribution in [-0.2, 0) is 23.5 Å². The van der Waals surface area contributed by atoms with E-state index < -0.39 is 0 Å². The van der Waals surface area contributed by atoms with Gasteiger partial charge in [0.2, 0.25) is 11.8 Å². The molecule has 0 spiro atoms. The fraction of sp³-hybridized carbons (Fsp3) is 0.368. The van der Waals surface area contributed by atoms with Crippen LogP contribution in [0.4, 0.5) is 0 Å². The molecule has 9 heteroatoms. The summed E-state index contributed by atoms with van der Waals surface area (Å²) in [5.41, 5.74) is 6.14. The molecule has 3 rings (SSSR count). The van der Waals surface area contributed by atoms with Gasteiger partial charge in [-0.15, -0.1) is 10.2 Å². The van der Waals surface area contributed by atoms with Crippen LogP contribution >= 0.6 is 23.4 Å². The van der Waals surface area contributed by atoms with Crippen molar-refractivity contribution in [3.8, 4) is 11.3 Å². The summed E-state index contributed by atoms with van der Waals surface area (Å²) in [5.74, 6) is 2.62. The van der Waals surface area contributed by atoms with Gasteiger partial charge in [0.05, 0.1) is 11.9 Å². The molecule has 7 nitrogen and oxygen atoms in total. The Bertz CT molecular complexity index is 953. The first kappa shape index (κ1) is 20.4. The smallest absolute Gasteiger partial charge is 0.217 e. The van der Waals surface area contributed by atoms with E-state index in [0.29, 0.717) is 34.8 Å². The highest BCUT2D eigenvalue weighted by Gasteiger charge is 2.16. The first-order chi connectivity index (χ1) is 13.4. The standard InChI is InChI=1S/C19H22ClN5O2S/c1-12(2)10-25-17(7-6-16(21)26)23-24-19(25)28-11-18-22-9-15(27-18)13-4-3-5-14(20)8-13/h3-5,8-9,12H,6-7,10-11H2,1-2H3,(H2,21,26). The van der Waals surface area contributed by atoms with Crippen molar-refractivity contribution in [3.63, 3.8) is 0 Å². The van der Waals surface area contributed by atoms with E-state index >= 15 is 0 Å². The predicted molar refractivity (Wildman–Crippen MR) is 109 cm³/mol. The minimum atomic E-state index is -0.346. The van der Waals surface area contributed by atoms with Gasteiger partial charge in [-0.3, -0.25) is 4.79 Å². The summed E-state index contributed by atoms with van der Waals surface area (Å²) in [5, 5.41) is 9.93. The van der Waals surface area contributed by atoms with Crippen LogP contribution in [0.1, 0.15) is 32.0 Å². The Morgan fingerprint density at radius 3 is 2.89 bits per heavy atom. The van der Waals surface area contributed by atoms with E-state index in [1.54, 1.807) is 6.20 Å². The molecule has 0 aliphatic heterocycles. The summed E-state index contributed by atoms with van der Waals surface area (Å²) in [7, 11) is 0. The van der Waals surface area contributed by atoms with Gasteiger partial charge in [-0.1, -0.05) is 49.3 Å². The molecule has 2 aromatic heterocycles. The monoisotopic (exact) mass is 419 g/mol. The number of primary amides is 1. The fourth-order valence-corrected chi connectivity index (χ4v) is 3.68. The molecule has 1 amide bonds. The molecule has 0 radical (unpaired) electrons. The maximum Gasteiger partial charge on any atom is 0.217 e. The quantitative estimate of drug-likeness (QED) is 0.527. The van der Waals surface area contributed by atoms with E-state index in [2.05, 4.69) is 29.0 Å². The molecular formula is C19H22ClN5O2S. The molecule has 1 aromatic carbocycles. The zero-order valence-electron chi connectivity index (χ0n) is 15.8. The number of hydrogen-bond acceptors (Lipinski definition) is 6. The van der Waals surface area contributed by atoms with Crippen molar-refractivity contribution in [1.29, 1.82) is 0 Å². The van der Waals surface area contributed by atoms with Crippen molar-refractivity contribution in [2.45, 2.75) is 44.1 Å². The first-order valence-corrected chi connectivity index (χ1v) is 10.3. The van der Waals surface area contributed by atoms with Crippen molar-refractivity contribution in [1.82, 2.24) is 19.7 Å². The van der Waals surface area contributed by atoms with Gasteiger partial charge >= 0.3 is 0 Å². The molecule has 148 valence electrons. The number of benzene rings is 1. The van der Waals surface area contributed by atoms with E-state index in [1.165, 1.54) is 11.8 Å². The predicted octanol–water partition coefficient (Wildman–Crippen LogP) is 3.95. The van der Waals surface area contributed by atoms with Crippen LogP contribution in [0.25, 0.3) is 11.3 Å². The van der Waals surface area contributed by atoms with Crippen LogP contribution in [0.5, 0.6) is 0 Å². The Hall–Kier alpha value is -2.32. The number of amides is 1. The molecule has 0 saturated heterocycles. The Morgan fingerprint density at radius 1 is 1.36 bits per heavy atom. The molecule has 28 heavy (non-hydrogen) atoms. The van der Waals surface area contributed by atoms with E-state index in [9.17, 15) is 4.79 Å². The second-order valence-corrected chi connectivity index (χ2v) is 8.17. The van der Waals surface area contributed by atoms with Gasteiger partial charge < -0.3 is 14.7 Å². The van der Waals surface area contributed by atoms with Gasteiger partial charge in [-0.25, -0.2) is 4.98 Å². The highest BCUT2D eigenvalue weighted by Crippen LogP contribution is 2.27. The third-order valence-electron chi connectivity index (χ3n) is 3.92. The van der Waals surface area contributed by atoms with E-state index in [0.717, 1.165) is 23.1 Å². The van der Waals surface area contributed by atoms with Gasteiger partial charge in [0.25, 0.3) is 0 Å². The van der Waals surface area contributed by atoms with Crippen molar-refractivity contribution in [2.24, 2.45) is 11.7 Å². The maximum atomic E-state index is 11.1. The minimum Gasteiger partial charge on any atom is -0.440 e. The van der Waals surface area contributed by atoms with Gasteiger partial charge in [-0.05, 0) is 18.1 Å². The fourth-order valence-electron chi connectivity index (χ4n) is 2.67. The Labute approximate surface area is 172 Å². The molecule has 2 heterocycles. The second kappa shape index (κ2) is 9.25. The summed E-state index contributed by atoms with van der Waals surface area (Å²) in [6.45, 7) is 5.01. The van der Waals surface area contributed by atoms with Gasteiger partial charge in [0.15, 0.2) is 10.9 Å². The minimum absolute atomic E-state index is 0.254. The zero-order valence-corrected chi connectivity index (χ0v) is 17.3. The van der Waals surface area contributed by atoms with E-state index in [1.807, 2.05) is 28.8 Å². The topological polar surface area (TPSA) is 99.8 Å². The first-order valence-electron chi connectivity index (χ1n) is 8.96. The Kier molecular flexibility index (Phi) is 6.74. The molecule has 0 bridgehead atoms. The Morgan fingerprint density at radius 2 is 2.18 bits per heavy atom. The largest absolute Gasteiger partial charge is 0.440 e. The lowest BCUT2D eigenvalue weighted by atomic mass is 10.2. The Balaban J connectivity index is 1.71. The maximum absolute atomic E-state index is 11.1. The molecule has 0 aliphatic rings. The van der Waals surface area contributed by atoms with Crippen molar-refractivity contribution >= 4 is 29.3 Å². The summed E-state index contributed by atoms with van der Waals surface area (Å²) in [6, 6.07) is 7.45. The number of nitrogens with two attached hydrogens (primary N) is 1. The number of oxazole rings is 1. The lowest BCUT2D eigenvalue weighted by Crippen LogP contribution is -2.15. The van der Waals surface area contributed by atoms with Gasteiger partial charge in [0.1, 0.15) is 5.82 Å². The lowest BCUT2D eigenvalue weighted by Gasteiger charge is -2.11. The number of rotatable bonds is 9. The average molecular weight is 420 g/mol. The summed E-state index contributed by atoms with van der Waals surface area (Å²) in [6.07, 6.45) is 2.43. The molecule has 3 aromatic rings. The number of aryl methyl sites for hydroxylation is 1. The molecular weight excluding hydrogens is 398 g/mol. The van der Waals surface area contributed by atoms with Crippen LogP contribution in [-0.4, -0.2) is 25.7 Å². The molecule has 0 atom stereocenters. The number of nitrogens with zero attached hydrogens (tertiary/aromatic N) is 4. The molecule has 0 saturated carbocycles. The van der Waals surface area contributed by atoms with E-state index in [-0.39, 0.29) is 12.3 Å². The number of thioether (sulfide) groups is 1. The third kappa shape index (κ3) is 5.36. The van der Waals surface area contributed by atoms with Crippen LogP contribution in [0.15, 0.2) is 40.0 Å². The molecule has 0 aliphatic carbocycles. The zero-order chi connectivity index (χ0) is 20.1. The number of hydrogen-bond donors (Lipinski definition) is 1. The highest BCUT2D eigenvalue weighted by atomic mass is 35.5. The van der Waals surface area contributed by atoms with Gasteiger partial charge in [-0.2, -0.15) is 0 Å². The average Bonchev–Trinajstić information content (AvgIpc) is 3.25. The van der Waals surface area contributed by atoms with Crippen LogP contribution in [0, 0.1) is 5.92 Å². The molecule has 0 fully saturated rings. The summed E-state index contributed by atoms with van der Waals surface area (Å²) >= 11 is 7.54. The van der Waals surface area contributed by atoms with Crippen molar-refractivity contribution in [3.05, 3.63) is 47.2 Å². The number of halogens is 1. The highest BCUT2D eigenvalue weighted by molar-refractivity contribution is 7.98. The van der Waals surface area contributed by atoms with Crippen LogP contribution in [0.2, 0.25) is 5.02 Å². The number of aromatic nitrogens is 4. The second-order valence-electron chi connectivity index (χ2n) is 6.79. The van der Waals surface area contributed by atoms with E-state index in [4.69, 9.17) is 21.8 Å². The SMILES string of the molecule is CC(C)Cn1c(CCC(N)=O)nnc1SCc1ncc(-c2cccc(Cl)c2)o1. The summed E-state index contributed by atoms with van der Waals surface area (Å²) in [4.78, 5) is 15.4. The van der Waals surface area contributed by atoms with Crippen molar-refractivity contribution in [2.75, 3.05) is 0 Å². The van der Waals surface area contributed by atoms with Gasteiger partial charge in [0, 0.05) is 30.0 Å². The third-order valence-corrected chi connectivity index (χ3v) is 5.11. The number of carbonyl (C=O) groups excluding carboxylic acids is 1. The van der Waals surface area contributed by atoms with Crippen LogP contribution in [0.3, 0.4) is 0 Å².